The lowest BCUT2D eigenvalue weighted by Crippen LogP contribution is -2.58. The minimum absolute atomic E-state index is 0.0402. The number of nitriles is 6. The lowest BCUT2D eigenvalue weighted by Gasteiger charge is -2.49. The van der Waals surface area contributed by atoms with Crippen LogP contribution in [0.25, 0.3) is 0 Å². The summed E-state index contributed by atoms with van der Waals surface area (Å²) in [6.45, 7) is 13.1. The quantitative estimate of drug-likeness (QED) is 0.0726. The van der Waals surface area contributed by atoms with Gasteiger partial charge in [0.25, 0.3) is 0 Å². The van der Waals surface area contributed by atoms with Crippen LogP contribution in [0.4, 0.5) is 0 Å². The first-order valence-electron chi connectivity index (χ1n) is 43.5. The van der Waals surface area contributed by atoms with Crippen LogP contribution in [0.3, 0.4) is 0 Å². The van der Waals surface area contributed by atoms with Crippen molar-refractivity contribution in [1.82, 2.24) is 0 Å². The average Bonchev–Trinajstić information content (AvgIpc) is 0.756. The molecule has 0 saturated carbocycles. The van der Waals surface area contributed by atoms with Crippen LogP contribution < -0.4 is 9.47 Å². The Hall–Kier alpha value is -19.5. The summed E-state index contributed by atoms with van der Waals surface area (Å²) in [5.41, 5.74) is 20.3. The molecule has 0 aliphatic heterocycles. The highest BCUT2D eigenvalue weighted by Gasteiger charge is 2.58. The van der Waals surface area contributed by atoms with Crippen molar-refractivity contribution in [3.05, 3.63) is 482 Å². The second kappa shape index (κ2) is 45.6. The van der Waals surface area contributed by atoms with Crippen LogP contribution in [0.15, 0.2) is 315 Å². The van der Waals surface area contributed by atoms with Crippen molar-refractivity contribution >= 4 is 8.56 Å². The molecule has 0 aromatic heterocycles. The van der Waals surface area contributed by atoms with E-state index in [2.05, 4.69) is 220 Å². The third kappa shape index (κ3) is 26.8. The van der Waals surface area contributed by atoms with Crippen LogP contribution in [0, 0.1) is 210 Å². The fourth-order valence-electron chi connectivity index (χ4n) is 14.1. The molecule has 14 aromatic rings. The third-order valence-electron chi connectivity index (χ3n) is 21.0. The SMILES string of the molecule is CC(C)(C)[Si](OCCOc1c(C#Cc2ccc(C#Cc3ccc(C#N)cc3)cc2)cc(C#Cc2ccc(C#Cc3ccc(C#N)cc3)cc2)cc1C#Cc1ccc(C#Cc2ccc(C#N)cc2)cc1)(OCCOc1c(C#Cc2ccc(C#Cc3ccc(C#N)cc3)cc2)cc(C#Cc2ccc(C#Cc3ccc(C#N)cc3)cc2)cc1C#Cc1ccc(C#Cc2ccc(C#N)cc2)cc1)C(C)(C)C. The van der Waals surface area contributed by atoms with E-state index in [1.165, 1.54) is 0 Å². The van der Waals surface area contributed by atoms with Gasteiger partial charge in [-0.3, -0.25) is 0 Å². The maximum atomic E-state index is 9.38. The van der Waals surface area contributed by atoms with Crippen LogP contribution in [0.1, 0.15) is 208 Å². The molecular weight excluding hydrogens is 1690 g/mol. The van der Waals surface area contributed by atoms with Gasteiger partial charge in [0.05, 0.1) is 105 Å². The highest BCUT2D eigenvalue weighted by molar-refractivity contribution is 6.73. The highest BCUT2D eigenvalue weighted by Crippen LogP contribution is 2.52. The summed E-state index contributed by atoms with van der Waals surface area (Å²) in [5.74, 6) is 80.4. The van der Waals surface area contributed by atoms with Crippen molar-refractivity contribution in [3.8, 4) is 190 Å². The van der Waals surface area contributed by atoms with Crippen LogP contribution >= 0.6 is 0 Å². The van der Waals surface area contributed by atoms with E-state index in [9.17, 15) is 31.6 Å². The van der Waals surface area contributed by atoms with Crippen molar-refractivity contribution in [2.24, 2.45) is 0 Å². The fraction of sp³-hybridized carbons (Fsp3) is 0.0952. The number of benzene rings is 14. The summed E-state index contributed by atoms with van der Waals surface area (Å²) in [7, 11) is -3.49. The van der Waals surface area contributed by atoms with Crippen molar-refractivity contribution in [2.75, 3.05) is 26.4 Å². The van der Waals surface area contributed by atoms with Crippen LogP contribution in [-0.4, -0.2) is 35.0 Å². The van der Waals surface area contributed by atoms with Gasteiger partial charge >= 0.3 is 8.56 Å². The van der Waals surface area contributed by atoms with Crippen LogP contribution in [0.5, 0.6) is 11.5 Å². The van der Waals surface area contributed by atoms with Crippen molar-refractivity contribution in [1.29, 1.82) is 31.6 Å². The molecule has 14 rings (SSSR count). The first-order valence-corrected chi connectivity index (χ1v) is 45.3. The molecule has 0 amide bonds. The third-order valence-corrected chi connectivity index (χ3v) is 26.2. The number of rotatable bonds is 10. The van der Waals surface area contributed by atoms with Gasteiger partial charge in [0, 0.05) is 121 Å². The van der Waals surface area contributed by atoms with E-state index < -0.39 is 18.6 Å². The maximum Gasteiger partial charge on any atom is 0.349 e. The molecule has 0 fully saturated rings. The Morgan fingerprint density at radius 3 is 0.409 bits per heavy atom. The molecule has 0 atom stereocenters. The minimum atomic E-state index is -3.49. The lowest BCUT2D eigenvalue weighted by atomic mass is 10.0. The van der Waals surface area contributed by atoms with Gasteiger partial charge in [0.2, 0.25) is 0 Å². The summed E-state index contributed by atoms with van der Waals surface area (Å²) in [6, 6.07) is 109. The van der Waals surface area contributed by atoms with Crippen molar-refractivity contribution in [2.45, 2.75) is 51.6 Å². The Balaban J connectivity index is 0.796. The Labute approximate surface area is 803 Å². The monoisotopic (exact) mass is 1770 g/mol. The Bertz CT molecular complexity index is 7260. The molecule has 0 aliphatic carbocycles. The van der Waals surface area contributed by atoms with Gasteiger partial charge in [0.15, 0.2) is 11.5 Å². The lowest BCUT2D eigenvalue weighted by molar-refractivity contribution is 0.0931. The standard InChI is InChI=1S/C126H78N6O4Si/c1-125(2,3)137(126(4,5)6,135-81-79-133-123-119(75-71-107-35-27-95(28-36-107)13-23-103-47-61-113(89-129)62-48-103)83-117(69-55-99-17-7-93(8-18-99)11-21-101-43-57-111(87-127)58-44-101)84-120(123)76-72-108-37-29-96(30-38-108)14-24-104-49-63-114(90-130)64-50-104)136-82-80-134-124-121(77-73-109-39-31-97(32-40-109)15-25-105-51-65-115(91-131)66-52-105)85-118(70-56-100-19-9-94(10-20-100)12-22-102-45-59-112(88-128)60-46-102)86-122(124)78-74-110-41-33-98(34-42-110)16-26-106-53-67-116(92-132)68-54-106/h7-10,17-20,27-54,57-68,83-86H,79-82H2,1-6H3. The predicted molar refractivity (Wildman–Crippen MR) is 538 cm³/mol. The molecule has 0 bridgehead atoms. The summed E-state index contributed by atoms with van der Waals surface area (Å²) < 4.78 is 28.9. The molecule has 0 aliphatic rings. The molecule has 0 N–H and O–H groups in total. The maximum absolute atomic E-state index is 9.38. The van der Waals surface area contributed by atoms with Gasteiger partial charge in [-0.1, -0.05) is 184 Å². The van der Waals surface area contributed by atoms with E-state index >= 15 is 0 Å². The predicted octanol–water partition coefficient (Wildman–Crippen LogP) is 22.2. The summed E-state index contributed by atoms with van der Waals surface area (Å²) in [5, 5.41) is 55.1. The molecule has 0 spiro atoms. The first-order chi connectivity index (χ1) is 66.7. The number of hydrogen-bond donors (Lipinski definition) is 0. The van der Waals surface area contributed by atoms with Gasteiger partial charge < -0.3 is 18.3 Å². The molecule has 0 unspecified atom stereocenters. The summed E-state index contributed by atoms with van der Waals surface area (Å²) in [4.78, 5) is 0. The Morgan fingerprint density at radius 2 is 0.285 bits per heavy atom. The van der Waals surface area contributed by atoms with Crippen molar-refractivity contribution < 1.29 is 18.3 Å². The smallest absolute Gasteiger partial charge is 0.349 e. The average molecular weight is 1770 g/mol. The molecule has 11 heteroatoms. The zero-order valence-electron chi connectivity index (χ0n) is 75.7. The molecular formula is C126H78N6O4Si. The van der Waals surface area contributed by atoms with Gasteiger partial charge in [0.1, 0.15) is 13.2 Å². The number of ether oxygens (including phenoxy) is 2. The normalized spacial score (nSPS) is 9.99. The largest absolute Gasteiger partial charge is 0.489 e. The zero-order chi connectivity index (χ0) is 95.6. The Morgan fingerprint density at radius 1 is 0.168 bits per heavy atom. The Kier molecular flexibility index (Phi) is 31.2. The molecule has 137 heavy (non-hydrogen) atoms. The highest BCUT2D eigenvalue weighted by atomic mass is 28.4. The van der Waals surface area contributed by atoms with E-state index in [1.807, 2.05) is 243 Å². The second-order valence-corrected chi connectivity index (χ2v) is 37.7. The van der Waals surface area contributed by atoms with Gasteiger partial charge in [-0.05, 0) is 315 Å². The topological polar surface area (TPSA) is 180 Å². The van der Waals surface area contributed by atoms with Gasteiger partial charge in [-0.25, -0.2) is 0 Å². The van der Waals surface area contributed by atoms with E-state index in [0.717, 1.165) is 77.9 Å². The van der Waals surface area contributed by atoms with E-state index in [-0.39, 0.29) is 26.4 Å². The van der Waals surface area contributed by atoms with E-state index in [0.29, 0.717) is 101 Å². The second-order valence-electron chi connectivity index (χ2n) is 32.9. The number of nitrogens with zero attached hydrogens (tertiary/aromatic N) is 6. The van der Waals surface area contributed by atoms with Crippen molar-refractivity contribution in [3.63, 3.8) is 0 Å². The zero-order valence-corrected chi connectivity index (χ0v) is 76.7. The fourth-order valence-corrected chi connectivity index (χ4v) is 18.9. The molecule has 0 radical (unpaired) electrons. The molecule has 0 heterocycles. The molecule has 0 saturated heterocycles. The van der Waals surface area contributed by atoms with Crippen LogP contribution in [0.2, 0.25) is 10.1 Å². The van der Waals surface area contributed by atoms with E-state index in [1.54, 1.807) is 72.8 Å². The number of hydrogen-bond acceptors (Lipinski definition) is 10. The molecule has 10 nitrogen and oxygen atoms in total. The first kappa shape index (κ1) is 93.6. The van der Waals surface area contributed by atoms with E-state index in [4.69, 9.17) is 18.3 Å². The molecule has 14 aromatic carbocycles. The van der Waals surface area contributed by atoms with Crippen LogP contribution in [-0.2, 0) is 8.85 Å². The minimum Gasteiger partial charge on any atom is -0.489 e. The van der Waals surface area contributed by atoms with Gasteiger partial charge in [-0.2, -0.15) is 31.6 Å². The van der Waals surface area contributed by atoms with Gasteiger partial charge in [-0.15, -0.1) is 0 Å². The summed E-state index contributed by atoms with van der Waals surface area (Å²) in [6.07, 6.45) is 0. The summed E-state index contributed by atoms with van der Waals surface area (Å²) >= 11 is 0. The molecule has 640 valence electrons.